The number of nitrogens with zero attached hydrogens (tertiary/aromatic N) is 1. The number of urea groups is 1. The third-order valence-electron chi connectivity index (χ3n) is 3.18. The number of aliphatic hydroxyl groups excluding tert-OH is 1. The lowest BCUT2D eigenvalue weighted by Gasteiger charge is -2.31. The van der Waals surface area contributed by atoms with Crippen LogP contribution in [0.3, 0.4) is 0 Å². The molecule has 0 saturated carbocycles. The summed E-state index contributed by atoms with van der Waals surface area (Å²) in [4.78, 5) is 13.9. The van der Waals surface area contributed by atoms with Crippen LogP contribution in [-0.4, -0.2) is 35.7 Å². The summed E-state index contributed by atoms with van der Waals surface area (Å²) in [5.74, 6) is 0.212. The van der Waals surface area contributed by atoms with Gasteiger partial charge in [0.2, 0.25) is 0 Å². The largest absolute Gasteiger partial charge is 0.396 e. The average molecular weight is 313 g/mol. The average Bonchev–Trinajstić information content (AvgIpc) is 2.41. The zero-order valence-corrected chi connectivity index (χ0v) is 11.7. The van der Waals surface area contributed by atoms with Gasteiger partial charge in [0.15, 0.2) is 0 Å². The number of carbonyl (C=O) groups excluding carboxylic acids is 1. The topological polar surface area (TPSA) is 52.6 Å². The molecule has 1 saturated heterocycles. The summed E-state index contributed by atoms with van der Waals surface area (Å²) in [5.41, 5.74) is 0.772. The smallest absolute Gasteiger partial charge is 0.321 e. The highest BCUT2D eigenvalue weighted by Gasteiger charge is 2.23. The summed E-state index contributed by atoms with van der Waals surface area (Å²) in [7, 11) is 0. The Morgan fingerprint density at radius 2 is 2.28 bits per heavy atom. The van der Waals surface area contributed by atoms with Gasteiger partial charge in [-0.05, 0) is 46.8 Å². The summed E-state index contributed by atoms with van der Waals surface area (Å²) < 4.78 is 0.870. The van der Waals surface area contributed by atoms with Crippen molar-refractivity contribution < 1.29 is 9.90 Å². The van der Waals surface area contributed by atoms with Crippen LogP contribution in [0.4, 0.5) is 10.5 Å². The van der Waals surface area contributed by atoms with E-state index in [1.54, 1.807) is 4.90 Å². The molecule has 1 aliphatic rings. The van der Waals surface area contributed by atoms with E-state index in [9.17, 15) is 4.79 Å². The van der Waals surface area contributed by atoms with Crippen molar-refractivity contribution in [3.63, 3.8) is 0 Å². The third-order valence-corrected chi connectivity index (χ3v) is 3.87. The van der Waals surface area contributed by atoms with Crippen LogP contribution in [0, 0.1) is 5.92 Å². The summed E-state index contributed by atoms with van der Waals surface area (Å²) in [6.45, 7) is 1.54. The second kappa shape index (κ2) is 6.20. The predicted molar refractivity (Wildman–Crippen MR) is 74.5 cm³/mol. The van der Waals surface area contributed by atoms with E-state index in [0.29, 0.717) is 6.54 Å². The van der Waals surface area contributed by atoms with Crippen LogP contribution in [0.1, 0.15) is 12.8 Å². The number of nitrogens with one attached hydrogen (secondary N) is 1. The number of piperidine rings is 1. The highest BCUT2D eigenvalue weighted by molar-refractivity contribution is 9.10. The maximum absolute atomic E-state index is 12.1. The van der Waals surface area contributed by atoms with Gasteiger partial charge in [-0.1, -0.05) is 12.1 Å². The summed E-state index contributed by atoms with van der Waals surface area (Å²) >= 11 is 3.40. The number of aliphatic hydroxyl groups is 1. The fourth-order valence-corrected chi connectivity index (χ4v) is 2.54. The fourth-order valence-electron chi connectivity index (χ4n) is 2.16. The third kappa shape index (κ3) is 3.23. The Bertz CT molecular complexity index is 425. The van der Waals surface area contributed by atoms with Crippen molar-refractivity contribution in [2.75, 3.05) is 25.0 Å². The highest BCUT2D eigenvalue weighted by Crippen LogP contribution is 2.22. The molecule has 1 aromatic rings. The molecule has 2 rings (SSSR count). The van der Waals surface area contributed by atoms with Gasteiger partial charge in [-0.25, -0.2) is 4.79 Å². The molecule has 5 heteroatoms. The van der Waals surface area contributed by atoms with Gasteiger partial charge >= 0.3 is 6.03 Å². The Morgan fingerprint density at radius 3 is 3.00 bits per heavy atom. The van der Waals surface area contributed by atoms with Crippen LogP contribution >= 0.6 is 15.9 Å². The van der Waals surface area contributed by atoms with Gasteiger partial charge in [0.05, 0.1) is 5.69 Å². The molecule has 2 N–H and O–H groups in total. The van der Waals surface area contributed by atoms with Gasteiger partial charge in [0.1, 0.15) is 0 Å². The van der Waals surface area contributed by atoms with Crippen LogP contribution < -0.4 is 5.32 Å². The predicted octanol–water partition coefficient (Wildman–Crippen LogP) is 2.69. The van der Waals surface area contributed by atoms with E-state index >= 15 is 0 Å². The number of halogens is 1. The number of hydrogen-bond donors (Lipinski definition) is 2. The van der Waals surface area contributed by atoms with E-state index in [-0.39, 0.29) is 18.6 Å². The van der Waals surface area contributed by atoms with E-state index in [1.165, 1.54) is 0 Å². The molecule has 0 bridgehead atoms. The number of benzene rings is 1. The van der Waals surface area contributed by atoms with Crippen molar-refractivity contribution in [2.24, 2.45) is 5.92 Å². The molecule has 0 radical (unpaired) electrons. The Balaban J connectivity index is 1.97. The van der Waals surface area contributed by atoms with Crippen LogP contribution in [-0.2, 0) is 0 Å². The molecule has 0 spiro atoms. The molecule has 1 fully saturated rings. The Morgan fingerprint density at radius 1 is 1.50 bits per heavy atom. The number of carbonyl (C=O) groups is 1. The molecular weight excluding hydrogens is 296 g/mol. The highest BCUT2D eigenvalue weighted by atomic mass is 79.9. The van der Waals surface area contributed by atoms with Crippen LogP contribution in [0.25, 0.3) is 0 Å². The zero-order valence-electron chi connectivity index (χ0n) is 10.1. The van der Waals surface area contributed by atoms with Crippen molar-refractivity contribution in [1.82, 2.24) is 4.90 Å². The minimum atomic E-state index is -0.0972. The van der Waals surface area contributed by atoms with Crippen molar-refractivity contribution in [2.45, 2.75) is 12.8 Å². The lowest BCUT2D eigenvalue weighted by molar-refractivity contribution is 0.136. The standard InChI is InChI=1S/C13H17BrN2O2/c14-11-5-1-2-6-12(11)15-13(18)16-7-3-4-10(8-16)9-17/h1-2,5-6,10,17H,3-4,7-9H2,(H,15,18). The first-order chi connectivity index (χ1) is 8.70. The molecular formula is C13H17BrN2O2. The van der Waals surface area contributed by atoms with Gasteiger partial charge in [-0.2, -0.15) is 0 Å². The van der Waals surface area contributed by atoms with Crippen molar-refractivity contribution in [3.05, 3.63) is 28.7 Å². The molecule has 18 heavy (non-hydrogen) atoms. The second-order valence-electron chi connectivity index (χ2n) is 4.55. The minimum Gasteiger partial charge on any atom is -0.396 e. The minimum absolute atomic E-state index is 0.0972. The Kier molecular flexibility index (Phi) is 4.60. The van der Waals surface area contributed by atoms with E-state index in [2.05, 4.69) is 21.2 Å². The van der Waals surface area contributed by atoms with E-state index in [0.717, 1.165) is 29.5 Å². The normalized spacial score (nSPS) is 19.7. The maximum Gasteiger partial charge on any atom is 0.321 e. The first-order valence-corrected chi connectivity index (χ1v) is 6.91. The van der Waals surface area contributed by atoms with Crippen molar-refractivity contribution in [1.29, 1.82) is 0 Å². The molecule has 1 heterocycles. The van der Waals surface area contributed by atoms with Gasteiger partial charge in [-0.3, -0.25) is 0 Å². The van der Waals surface area contributed by atoms with Crippen LogP contribution in [0.2, 0.25) is 0 Å². The molecule has 0 aromatic heterocycles. The Labute approximate surface area is 115 Å². The lowest BCUT2D eigenvalue weighted by atomic mass is 9.99. The SMILES string of the molecule is O=C(Nc1ccccc1Br)N1CCCC(CO)C1. The van der Waals surface area contributed by atoms with Gasteiger partial charge in [0.25, 0.3) is 0 Å². The van der Waals surface area contributed by atoms with Gasteiger partial charge in [-0.15, -0.1) is 0 Å². The number of rotatable bonds is 2. The molecule has 1 aromatic carbocycles. The molecule has 1 unspecified atom stereocenters. The first kappa shape index (κ1) is 13.4. The van der Waals surface area contributed by atoms with E-state index in [1.807, 2.05) is 24.3 Å². The summed E-state index contributed by atoms with van der Waals surface area (Å²) in [6.07, 6.45) is 1.95. The Hall–Kier alpha value is -1.07. The van der Waals surface area contributed by atoms with Crippen LogP contribution in [0.15, 0.2) is 28.7 Å². The van der Waals surface area contributed by atoms with Crippen molar-refractivity contribution in [3.8, 4) is 0 Å². The molecule has 98 valence electrons. The maximum atomic E-state index is 12.1. The number of likely N-dealkylation sites (tertiary alicyclic amines) is 1. The second-order valence-corrected chi connectivity index (χ2v) is 5.40. The first-order valence-electron chi connectivity index (χ1n) is 6.12. The molecule has 0 aliphatic carbocycles. The van der Waals surface area contributed by atoms with Crippen molar-refractivity contribution >= 4 is 27.6 Å². The zero-order chi connectivity index (χ0) is 13.0. The quantitative estimate of drug-likeness (QED) is 0.882. The summed E-state index contributed by atoms with van der Waals surface area (Å²) in [6, 6.07) is 7.44. The molecule has 2 amide bonds. The van der Waals surface area contributed by atoms with E-state index in [4.69, 9.17) is 5.11 Å². The lowest BCUT2D eigenvalue weighted by Crippen LogP contribution is -2.43. The number of hydrogen-bond acceptors (Lipinski definition) is 2. The van der Waals surface area contributed by atoms with Crippen LogP contribution in [0.5, 0.6) is 0 Å². The van der Waals surface area contributed by atoms with Gasteiger partial charge in [0, 0.05) is 24.2 Å². The van der Waals surface area contributed by atoms with E-state index < -0.39 is 0 Å². The van der Waals surface area contributed by atoms with Gasteiger partial charge < -0.3 is 15.3 Å². The monoisotopic (exact) mass is 312 g/mol. The molecule has 4 nitrogen and oxygen atoms in total. The molecule has 1 atom stereocenters. The number of para-hydroxylation sites is 1. The fraction of sp³-hybridized carbons (Fsp3) is 0.462. The number of anilines is 1. The molecule has 1 aliphatic heterocycles. The number of amides is 2. The summed E-state index contributed by atoms with van der Waals surface area (Å²) in [5, 5.41) is 12.0.